The van der Waals surface area contributed by atoms with Crippen molar-refractivity contribution in [2.75, 3.05) is 0 Å². The number of hydrogen-bond donors (Lipinski definition) is 2. The van der Waals surface area contributed by atoms with Crippen molar-refractivity contribution < 1.29 is 10.2 Å². The number of halogens is 1. The topological polar surface area (TPSA) is 40.5 Å². The van der Waals surface area contributed by atoms with E-state index in [1.165, 1.54) is 0 Å². The predicted molar refractivity (Wildman–Crippen MR) is 46.4 cm³/mol. The Morgan fingerprint density at radius 3 is 2.55 bits per heavy atom. The summed E-state index contributed by atoms with van der Waals surface area (Å²) < 4.78 is 0.607. The van der Waals surface area contributed by atoms with Gasteiger partial charge in [-0.05, 0) is 28.9 Å². The lowest BCUT2D eigenvalue weighted by molar-refractivity contribution is 0.195. The summed E-state index contributed by atoms with van der Waals surface area (Å²) in [6.07, 6.45) is -0.632. The molecule has 1 atom stereocenters. The first-order valence-electron chi connectivity index (χ1n) is 3.28. The molecule has 0 unspecified atom stereocenters. The van der Waals surface area contributed by atoms with Crippen LogP contribution in [0.4, 0.5) is 0 Å². The van der Waals surface area contributed by atoms with E-state index in [0.29, 0.717) is 10.0 Å². The fourth-order valence-electron chi connectivity index (χ4n) is 0.869. The number of phenols is 1. The lowest BCUT2D eigenvalue weighted by atomic mass is 10.1. The van der Waals surface area contributed by atoms with Crippen LogP contribution in [0.25, 0.3) is 0 Å². The maximum absolute atomic E-state index is 9.36. The molecule has 0 aliphatic heterocycles. The highest BCUT2D eigenvalue weighted by molar-refractivity contribution is 9.10. The van der Waals surface area contributed by atoms with E-state index in [2.05, 4.69) is 15.9 Å². The summed E-state index contributed by atoms with van der Waals surface area (Å²) in [6, 6.07) is 5.18. The largest absolute Gasteiger partial charge is 0.506 e. The summed E-state index contributed by atoms with van der Waals surface area (Å²) in [5.74, 6) is 0.113. The van der Waals surface area contributed by atoms with Crippen LogP contribution in [0.15, 0.2) is 22.7 Å². The first-order valence-corrected chi connectivity index (χ1v) is 4.07. The molecule has 60 valence electrons. The van der Waals surface area contributed by atoms with Crippen LogP contribution in [0.2, 0.25) is 0 Å². The molecule has 0 saturated carbocycles. The van der Waals surface area contributed by atoms with E-state index in [9.17, 15) is 5.11 Å². The number of para-hydroxylation sites is 1. The van der Waals surface area contributed by atoms with Crippen LogP contribution in [0.3, 0.4) is 0 Å². The van der Waals surface area contributed by atoms with Crippen molar-refractivity contribution in [2.24, 2.45) is 0 Å². The molecule has 11 heavy (non-hydrogen) atoms. The predicted octanol–water partition coefficient (Wildman–Crippen LogP) is 2.21. The van der Waals surface area contributed by atoms with Crippen LogP contribution in [0.1, 0.15) is 18.6 Å². The number of aromatic hydroxyl groups is 1. The Bertz CT molecular complexity index is 258. The van der Waals surface area contributed by atoms with Crippen molar-refractivity contribution in [1.29, 1.82) is 0 Å². The van der Waals surface area contributed by atoms with Gasteiger partial charge in [0.1, 0.15) is 5.75 Å². The van der Waals surface area contributed by atoms with Gasteiger partial charge in [0.05, 0.1) is 10.6 Å². The molecule has 3 heteroatoms. The highest BCUT2D eigenvalue weighted by atomic mass is 79.9. The number of rotatable bonds is 1. The second-order valence-electron chi connectivity index (χ2n) is 2.35. The number of aliphatic hydroxyl groups is 1. The normalized spacial score (nSPS) is 13.0. The summed E-state index contributed by atoms with van der Waals surface area (Å²) in [5, 5.41) is 18.5. The molecule has 1 aromatic rings. The molecule has 0 amide bonds. The van der Waals surface area contributed by atoms with Gasteiger partial charge in [-0.25, -0.2) is 0 Å². The van der Waals surface area contributed by atoms with Crippen LogP contribution in [-0.2, 0) is 0 Å². The van der Waals surface area contributed by atoms with Crippen molar-refractivity contribution in [3.8, 4) is 5.75 Å². The SMILES string of the molecule is C[C@H](O)c1cccc(Br)c1O. The Morgan fingerprint density at radius 2 is 2.09 bits per heavy atom. The first kappa shape index (κ1) is 8.56. The smallest absolute Gasteiger partial charge is 0.135 e. The minimum atomic E-state index is -0.632. The molecule has 2 N–H and O–H groups in total. The van der Waals surface area contributed by atoms with Gasteiger partial charge in [0.2, 0.25) is 0 Å². The lowest BCUT2D eigenvalue weighted by Gasteiger charge is -2.07. The standard InChI is InChI=1S/C8H9BrO2/c1-5(10)6-3-2-4-7(9)8(6)11/h2-5,10-11H,1H3/t5-/m0/s1. The van der Waals surface area contributed by atoms with Gasteiger partial charge in [0.25, 0.3) is 0 Å². The Hall–Kier alpha value is -0.540. The summed E-state index contributed by atoms with van der Waals surface area (Å²) >= 11 is 3.15. The molecule has 0 fully saturated rings. The van der Waals surface area contributed by atoms with Crippen molar-refractivity contribution in [1.82, 2.24) is 0 Å². The Labute approximate surface area is 73.6 Å². The third-order valence-corrected chi connectivity index (χ3v) is 2.11. The van der Waals surface area contributed by atoms with E-state index >= 15 is 0 Å². The van der Waals surface area contributed by atoms with Gasteiger partial charge in [0, 0.05) is 5.56 Å². The summed E-state index contributed by atoms with van der Waals surface area (Å²) in [7, 11) is 0. The van der Waals surface area contributed by atoms with Crippen LogP contribution in [0, 0.1) is 0 Å². The highest BCUT2D eigenvalue weighted by Gasteiger charge is 2.08. The lowest BCUT2D eigenvalue weighted by Crippen LogP contribution is -1.91. The van der Waals surface area contributed by atoms with Gasteiger partial charge in [0.15, 0.2) is 0 Å². The second kappa shape index (κ2) is 3.24. The van der Waals surface area contributed by atoms with Crippen LogP contribution in [0.5, 0.6) is 5.75 Å². The maximum Gasteiger partial charge on any atom is 0.135 e. The van der Waals surface area contributed by atoms with Crippen LogP contribution in [-0.4, -0.2) is 10.2 Å². The van der Waals surface area contributed by atoms with Crippen LogP contribution < -0.4 is 0 Å². The molecular weight excluding hydrogens is 208 g/mol. The molecule has 0 aliphatic carbocycles. The van der Waals surface area contributed by atoms with Crippen LogP contribution >= 0.6 is 15.9 Å². The van der Waals surface area contributed by atoms with Crippen molar-refractivity contribution >= 4 is 15.9 Å². The average Bonchev–Trinajstić information content (AvgIpc) is 1.94. The van der Waals surface area contributed by atoms with Gasteiger partial charge in [-0.1, -0.05) is 12.1 Å². The number of phenolic OH excluding ortho intramolecular Hbond substituents is 1. The molecule has 1 rings (SSSR count). The van der Waals surface area contributed by atoms with E-state index in [1.807, 2.05) is 0 Å². The molecule has 2 nitrogen and oxygen atoms in total. The van der Waals surface area contributed by atoms with Crippen molar-refractivity contribution in [3.05, 3.63) is 28.2 Å². The number of benzene rings is 1. The van der Waals surface area contributed by atoms with E-state index in [1.54, 1.807) is 25.1 Å². The molecule has 0 saturated heterocycles. The summed E-state index contributed by atoms with van der Waals surface area (Å²) in [4.78, 5) is 0. The number of hydrogen-bond acceptors (Lipinski definition) is 2. The number of aliphatic hydroxyl groups excluding tert-OH is 1. The third-order valence-electron chi connectivity index (χ3n) is 1.47. The average molecular weight is 217 g/mol. The molecule has 0 bridgehead atoms. The van der Waals surface area contributed by atoms with Gasteiger partial charge in [-0.15, -0.1) is 0 Å². The summed E-state index contributed by atoms with van der Waals surface area (Å²) in [5.41, 5.74) is 0.541. The highest BCUT2D eigenvalue weighted by Crippen LogP contribution is 2.31. The quantitative estimate of drug-likeness (QED) is 0.756. The summed E-state index contributed by atoms with van der Waals surface area (Å²) in [6.45, 7) is 1.61. The minimum absolute atomic E-state index is 0.113. The second-order valence-corrected chi connectivity index (χ2v) is 3.21. The van der Waals surface area contributed by atoms with Gasteiger partial charge < -0.3 is 10.2 Å². The van der Waals surface area contributed by atoms with Crippen molar-refractivity contribution in [2.45, 2.75) is 13.0 Å². The maximum atomic E-state index is 9.36. The van der Waals surface area contributed by atoms with E-state index in [4.69, 9.17) is 5.11 Å². The van der Waals surface area contributed by atoms with E-state index in [-0.39, 0.29) is 5.75 Å². The zero-order valence-corrected chi connectivity index (χ0v) is 7.67. The zero-order valence-electron chi connectivity index (χ0n) is 6.08. The Kier molecular flexibility index (Phi) is 2.52. The molecule has 1 aromatic carbocycles. The Morgan fingerprint density at radius 1 is 1.45 bits per heavy atom. The van der Waals surface area contributed by atoms with Gasteiger partial charge in [-0.3, -0.25) is 0 Å². The zero-order chi connectivity index (χ0) is 8.43. The molecular formula is C8H9BrO2. The first-order chi connectivity index (χ1) is 5.13. The third kappa shape index (κ3) is 1.73. The van der Waals surface area contributed by atoms with Crippen molar-refractivity contribution in [3.63, 3.8) is 0 Å². The molecule has 0 radical (unpaired) electrons. The molecule has 0 aliphatic rings. The van der Waals surface area contributed by atoms with Gasteiger partial charge >= 0.3 is 0 Å². The Balaban J connectivity index is 3.17. The van der Waals surface area contributed by atoms with Gasteiger partial charge in [-0.2, -0.15) is 0 Å². The minimum Gasteiger partial charge on any atom is -0.506 e. The van der Waals surface area contributed by atoms with E-state index < -0.39 is 6.10 Å². The molecule has 0 heterocycles. The fraction of sp³-hybridized carbons (Fsp3) is 0.250. The van der Waals surface area contributed by atoms with E-state index in [0.717, 1.165) is 0 Å². The fourth-order valence-corrected chi connectivity index (χ4v) is 1.25. The monoisotopic (exact) mass is 216 g/mol. The molecule has 0 spiro atoms. The molecule has 0 aromatic heterocycles.